The van der Waals surface area contributed by atoms with Crippen molar-refractivity contribution in [3.05, 3.63) is 11.3 Å². The van der Waals surface area contributed by atoms with Crippen molar-refractivity contribution in [1.82, 2.24) is 0 Å². The summed E-state index contributed by atoms with van der Waals surface area (Å²) in [5.41, 5.74) is 0.882. The molecule has 0 aliphatic heterocycles. The van der Waals surface area contributed by atoms with Crippen LogP contribution in [-0.2, 0) is 4.74 Å². The molecule has 0 fully saturated rings. The van der Waals surface area contributed by atoms with E-state index in [1.807, 2.05) is 13.8 Å². The predicted octanol–water partition coefficient (Wildman–Crippen LogP) is 0.919. The average Bonchev–Trinajstić information content (AvgIpc) is 1.84. The van der Waals surface area contributed by atoms with Crippen molar-refractivity contribution < 1.29 is 9.84 Å². The number of hydrogen-bond acceptors (Lipinski definition) is 2. The Bertz CT molecular complexity index is 82.7. The SMILES string of the molecule is CO/C(C)=C(/C)CO. The zero-order valence-electron chi connectivity index (χ0n) is 5.56. The monoisotopic (exact) mass is 116 g/mol. The van der Waals surface area contributed by atoms with Gasteiger partial charge in [-0.15, -0.1) is 0 Å². The molecule has 0 rings (SSSR count). The van der Waals surface area contributed by atoms with E-state index in [1.165, 1.54) is 0 Å². The van der Waals surface area contributed by atoms with E-state index in [9.17, 15) is 0 Å². The standard InChI is InChI=1S/C6H12O2/c1-5(4-7)6(2)8-3/h7H,4H2,1-3H3/b6-5-. The summed E-state index contributed by atoms with van der Waals surface area (Å²) in [7, 11) is 1.59. The number of methoxy groups -OCH3 is 1. The molecule has 0 atom stereocenters. The molecule has 0 aromatic rings. The molecule has 2 nitrogen and oxygen atoms in total. The van der Waals surface area contributed by atoms with E-state index in [1.54, 1.807) is 7.11 Å². The second-order valence-electron chi connectivity index (χ2n) is 1.70. The predicted molar refractivity (Wildman–Crippen MR) is 32.5 cm³/mol. The van der Waals surface area contributed by atoms with E-state index >= 15 is 0 Å². The highest BCUT2D eigenvalue weighted by Gasteiger charge is 1.90. The van der Waals surface area contributed by atoms with Crippen LogP contribution >= 0.6 is 0 Å². The molecule has 0 heterocycles. The van der Waals surface area contributed by atoms with Gasteiger partial charge in [-0.3, -0.25) is 0 Å². The first-order chi connectivity index (χ1) is 3.72. The van der Waals surface area contributed by atoms with Gasteiger partial charge in [-0.25, -0.2) is 0 Å². The average molecular weight is 116 g/mol. The van der Waals surface area contributed by atoms with Gasteiger partial charge in [-0.1, -0.05) is 0 Å². The Labute approximate surface area is 49.8 Å². The maximum Gasteiger partial charge on any atom is 0.0936 e. The molecule has 0 unspecified atom stereocenters. The fourth-order valence-electron chi connectivity index (χ4n) is 0.286. The minimum atomic E-state index is 0.0830. The van der Waals surface area contributed by atoms with E-state index in [0.717, 1.165) is 11.3 Å². The highest BCUT2D eigenvalue weighted by Crippen LogP contribution is 2.00. The fourth-order valence-corrected chi connectivity index (χ4v) is 0.286. The van der Waals surface area contributed by atoms with Gasteiger partial charge in [0.2, 0.25) is 0 Å². The van der Waals surface area contributed by atoms with Crippen LogP contribution < -0.4 is 0 Å². The van der Waals surface area contributed by atoms with Gasteiger partial charge in [0, 0.05) is 0 Å². The smallest absolute Gasteiger partial charge is 0.0936 e. The van der Waals surface area contributed by atoms with Crippen LogP contribution in [0.2, 0.25) is 0 Å². The van der Waals surface area contributed by atoms with Crippen LogP contribution in [0.5, 0.6) is 0 Å². The van der Waals surface area contributed by atoms with E-state index in [-0.39, 0.29) is 6.61 Å². The third kappa shape index (κ3) is 1.98. The van der Waals surface area contributed by atoms with E-state index in [0.29, 0.717) is 0 Å². The molecule has 0 saturated carbocycles. The first-order valence-corrected chi connectivity index (χ1v) is 2.53. The Hall–Kier alpha value is -0.500. The molecular weight excluding hydrogens is 104 g/mol. The lowest BCUT2D eigenvalue weighted by molar-refractivity contribution is 0.270. The third-order valence-electron chi connectivity index (χ3n) is 1.14. The molecule has 48 valence electrons. The van der Waals surface area contributed by atoms with Crippen LogP contribution in [0.3, 0.4) is 0 Å². The summed E-state index contributed by atoms with van der Waals surface area (Å²) in [6.45, 7) is 3.74. The van der Waals surface area contributed by atoms with Crippen molar-refractivity contribution in [2.45, 2.75) is 13.8 Å². The number of allylic oxidation sites excluding steroid dienone is 1. The molecule has 1 N–H and O–H groups in total. The Morgan fingerprint density at radius 3 is 2.12 bits per heavy atom. The molecular formula is C6H12O2. The van der Waals surface area contributed by atoms with Crippen molar-refractivity contribution in [3.8, 4) is 0 Å². The fraction of sp³-hybridized carbons (Fsp3) is 0.667. The summed E-state index contributed by atoms with van der Waals surface area (Å²) in [5, 5.41) is 8.50. The third-order valence-corrected chi connectivity index (χ3v) is 1.14. The molecule has 8 heavy (non-hydrogen) atoms. The molecule has 0 spiro atoms. The number of rotatable bonds is 2. The van der Waals surface area contributed by atoms with Crippen molar-refractivity contribution >= 4 is 0 Å². The molecule has 0 radical (unpaired) electrons. The molecule has 0 amide bonds. The topological polar surface area (TPSA) is 29.5 Å². The second-order valence-corrected chi connectivity index (χ2v) is 1.70. The molecule has 0 aromatic carbocycles. The summed E-state index contributed by atoms with van der Waals surface area (Å²) in [4.78, 5) is 0. The summed E-state index contributed by atoms with van der Waals surface area (Å²) in [6.07, 6.45) is 0. The van der Waals surface area contributed by atoms with Crippen LogP contribution in [0.25, 0.3) is 0 Å². The Balaban J connectivity index is 3.83. The number of ether oxygens (including phenoxy) is 1. The highest BCUT2D eigenvalue weighted by molar-refractivity contribution is 5.02. The Morgan fingerprint density at radius 2 is 2.00 bits per heavy atom. The molecule has 0 aromatic heterocycles. The summed E-state index contributed by atoms with van der Waals surface area (Å²) in [6, 6.07) is 0. The first kappa shape index (κ1) is 7.50. The quantitative estimate of drug-likeness (QED) is 0.543. The number of aliphatic hydroxyl groups is 1. The molecule has 2 heteroatoms. The molecule has 0 aliphatic carbocycles. The minimum absolute atomic E-state index is 0.0830. The van der Waals surface area contributed by atoms with E-state index in [4.69, 9.17) is 9.84 Å². The van der Waals surface area contributed by atoms with Crippen molar-refractivity contribution in [3.63, 3.8) is 0 Å². The maximum atomic E-state index is 8.50. The van der Waals surface area contributed by atoms with Gasteiger partial charge in [0.25, 0.3) is 0 Å². The van der Waals surface area contributed by atoms with Crippen LogP contribution in [-0.4, -0.2) is 18.8 Å². The van der Waals surface area contributed by atoms with Gasteiger partial charge in [0.1, 0.15) is 0 Å². The van der Waals surface area contributed by atoms with Gasteiger partial charge >= 0.3 is 0 Å². The highest BCUT2D eigenvalue weighted by atomic mass is 16.5. The largest absolute Gasteiger partial charge is 0.501 e. The van der Waals surface area contributed by atoms with Gasteiger partial charge < -0.3 is 9.84 Å². The van der Waals surface area contributed by atoms with Crippen LogP contribution in [0.15, 0.2) is 11.3 Å². The van der Waals surface area contributed by atoms with Gasteiger partial charge in [0.15, 0.2) is 0 Å². The van der Waals surface area contributed by atoms with Crippen molar-refractivity contribution in [2.75, 3.05) is 13.7 Å². The minimum Gasteiger partial charge on any atom is -0.501 e. The lowest BCUT2D eigenvalue weighted by Crippen LogP contribution is -1.90. The molecule has 0 aliphatic rings. The summed E-state index contributed by atoms with van der Waals surface area (Å²) < 4.78 is 4.82. The van der Waals surface area contributed by atoms with Crippen LogP contribution in [0, 0.1) is 0 Å². The van der Waals surface area contributed by atoms with Crippen LogP contribution in [0.1, 0.15) is 13.8 Å². The van der Waals surface area contributed by atoms with Crippen molar-refractivity contribution in [1.29, 1.82) is 0 Å². The molecule has 0 saturated heterocycles. The molecule has 0 bridgehead atoms. The van der Waals surface area contributed by atoms with Gasteiger partial charge in [0.05, 0.1) is 19.5 Å². The zero-order valence-corrected chi connectivity index (χ0v) is 5.56. The van der Waals surface area contributed by atoms with Gasteiger partial charge in [-0.2, -0.15) is 0 Å². The van der Waals surface area contributed by atoms with Crippen molar-refractivity contribution in [2.24, 2.45) is 0 Å². The first-order valence-electron chi connectivity index (χ1n) is 2.53. The van der Waals surface area contributed by atoms with Gasteiger partial charge in [-0.05, 0) is 19.4 Å². The maximum absolute atomic E-state index is 8.50. The normalized spacial score (nSPS) is 13.0. The number of aliphatic hydroxyl groups excluding tert-OH is 1. The lowest BCUT2D eigenvalue weighted by atomic mass is 10.3. The lowest BCUT2D eigenvalue weighted by Gasteiger charge is -2.01. The van der Waals surface area contributed by atoms with E-state index < -0.39 is 0 Å². The zero-order chi connectivity index (χ0) is 6.57. The Kier molecular flexibility index (Phi) is 3.28. The van der Waals surface area contributed by atoms with E-state index in [2.05, 4.69) is 0 Å². The summed E-state index contributed by atoms with van der Waals surface area (Å²) in [5.74, 6) is 0.799. The summed E-state index contributed by atoms with van der Waals surface area (Å²) >= 11 is 0. The second kappa shape index (κ2) is 3.50. The Morgan fingerprint density at radius 1 is 1.50 bits per heavy atom. The van der Waals surface area contributed by atoms with Crippen LogP contribution in [0.4, 0.5) is 0 Å². The number of hydrogen-bond donors (Lipinski definition) is 1.